The van der Waals surface area contributed by atoms with E-state index in [9.17, 15) is 0 Å². The molecule has 0 amide bonds. The first kappa shape index (κ1) is 60.0. The van der Waals surface area contributed by atoms with E-state index < -0.39 is 10.8 Å². The maximum atomic E-state index is 7.09. The van der Waals surface area contributed by atoms with Crippen LogP contribution >= 0.6 is 0 Å². The molecule has 0 aliphatic carbocycles. The zero-order valence-electron chi connectivity index (χ0n) is 54.9. The summed E-state index contributed by atoms with van der Waals surface area (Å²) in [6.45, 7) is 4.00. The molecule has 0 unspecified atom stereocenters. The molecule has 0 atom stereocenters. The average molecular weight is 1270 g/mol. The number of para-hydroxylation sites is 7. The lowest BCUT2D eigenvalue weighted by Crippen LogP contribution is -2.39. The van der Waals surface area contributed by atoms with Gasteiger partial charge in [-0.2, -0.15) is 0 Å². The van der Waals surface area contributed by atoms with E-state index in [-0.39, 0.29) is 0 Å². The molecule has 99 heavy (non-hydrogen) atoms. The quantitative estimate of drug-likeness (QED) is 0.151. The van der Waals surface area contributed by atoms with Crippen LogP contribution in [-0.4, -0.2) is 0 Å². The Hall–Kier alpha value is -12.7. The standard InChI is InChI=1S/C49H33NO2.C43H29NO.C2H6/c1-3-14-34(15-4-1)36-26-30-38(31-27-36)50(39-32-28-37(29-33-39)35-16-5-2-6-17-35)44-22-13-21-43-48(44)52-47-25-12-9-20-42(47)49(43)40-18-7-10-23-45(40)51-46-24-11-8-19-41(46)49;1-3-13-30(14-4-1)32-23-26-34(27-24-32)44-39-20-10-7-17-35(39)43(38-29-33(25-28-40(38)44)31-15-5-2-6-16-31)36-18-8-11-21-41(36)45-42-22-12-9-19-37(42)43;1-2/h1-33H;1-29H;1-2H3. The molecule has 4 aliphatic heterocycles. The van der Waals surface area contributed by atoms with Gasteiger partial charge in [0, 0.05) is 50.4 Å². The fraction of sp³-hybridized carbons (Fsp3) is 0.0426. The molecule has 0 aromatic heterocycles. The molecule has 0 fully saturated rings. The maximum Gasteiger partial charge on any atom is 0.156 e. The summed E-state index contributed by atoms with van der Waals surface area (Å²) in [6.07, 6.45) is 0. The van der Waals surface area contributed by atoms with Crippen molar-refractivity contribution in [2.45, 2.75) is 24.7 Å². The molecule has 0 bridgehead atoms. The lowest BCUT2D eigenvalue weighted by molar-refractivity contribution is 0.400. The number of fused-ring (bicyclic) bond motifs is 16. The summed E-state index contributed by atoms with van der Waals surface area (Å²) in [5.41, 5.74) is 23.8. The van der Waals surface area contributed by atoms with Gasteiger partial charge in [-0.3, -0.25) is 0 Å². The van der Waals surface area contributed by atoms with Crippen molar-refractivity contribution in [3.63, 3.8) is 0 Å². The molecule has 2 spiro atoms. The minimum atomic E-state index is -0.675. The number of hydrogen-bond donors (Lipinski definition) is 0. The van der Waals surface area contributed by atoms with E-state index in [0.29, 0.717) is 0 Å². The summed E-state index contributed by atoms with van der Waals surface area (Å²) in [4.78, 5) is 4.75. The molecule has 0 N–H and O–H groups in total. The Labute approximate surface area is 579 Å². The van der Waals surface area contributed by atoms with Crippen molar-refractivity contribution in [2.75, 3.05) is 9.80 Å². The van der Waals surface area contributed by atoms with Gasteiger partial charge in [-0.1, -0.05) is 299 Å². The molecule has 472 valence electrons. The summed E-state index contributed by atoms with van der Waals surface area (Å²) in [6, 6.07) is 134. The van der Waals surface area contributed by atoms with Gasteiger partial charge in [0.15, 0.2) is 5.75 Å². The monoisotopic (exact) mass is 1270 g/mol. The Balaban J connectivity index is 0.000000146. The summed E-state index contributed by atoms with van der Waals surface area (Å²) >= 11 is 0. The van der Waals surface area contributed by atoms with Gasteiger partial charge in [0.2, 0.25) is 0 Å². The largest absolute Gasteiger partial charge is 0.457 e. The van der Waals surface area contributed by atoms with E-state index in [1.807, 2.05) is 26.0 Å². The van der Waals surface area contributed by atoms with E-state index in [0.717, 1.165) is 102 Å². The number of rotatable bonds is 8. The molecule has 0 saturated carbocycles. The number of benzene rings is 15. The van der Waals surface area contributed by atoms with Crippen LogP contribution < -0.4 is 24.0 Å². The first-order valence-corrected chi connectivity index (χ1v) is 34.1. The van der Waals surface area contributed by atoms with Crippen molar-refractivity contribution in [1.82, 2.24) is 0 Å². The van der Waals surface area contributed by atoms with E-state index in [2.05, 4.69) is 374 Å². The number of anilines is 6. The molecule has 4 aliphatic rings. The Morgan fingerprint density at radius 1 is 0.232 bits per heavy atom. The number of ether oxygens (including phenoxy) is 3. The van der Waals surface area contributed by atoms with Gasteiger partial charge in [0.05, 0.1) is 27.9 Å². The van der Waals surface area contributed by atoms with Crippen LogP contribution in [0.15, 0.2) is 376 Å². The normalized spacial score (nSPS) is 13.1. The van der Waals surface area contributed by atoms with Crippen LogP contribution in [0.25, 0.3) is 44.5 Å². The molecule has 4 heterocycles. The van der Waals surface area contributed by atoms with E-state index >= 15 is 0 Å². The Kier molecular flexibility index (Phi) is 15.4. The summed E-state index contributed by atoms with van der Waals surface area (Å²) in [7, 11) is 0. The highest BCUT2D eigenvalue weighted by atomic mass is 16.5. The van der Waals surface area contributed by atoms with Crippen LogP contribution in [0, 0.1) is 0 Å². The molecule has 15 aromatic carbocycles. The first-order chi connectivity index (χ1) is 49.1. The second kappa shape index (κ2) is 25.5. The summed E-state index contributed by atoms with van der Waals surface area (Å²) in [5, 5.41) is 0. The molecule has 15 aromatic rings. The highest BCUT2D eigenvalue weighted by Crippen LogP contribution is 2.65. The van der Waals surface area contributed by atoms with Gasteiger partial charge in [0.1, 0.15) is 28.7 Å². The first-order valence-electron chi connectivity index (χ1n) is 34.1. The topological polar surface area (TPSA) is 34.2 Å². The molecule has 0 radical (unpaired) electrons. The van der Waals surface area contributed by atoms with Crippen molar-refractivity contribution in [3.05, 3.63) is 421 Å². The fourth-order valence-electron chi connectivity index (χ4n) is 15.5. The third-order valence-electron chi connectivity index (χ3n) is 19.7. The summed E-state index contributed by atoms with van der Waals surface area (Å²) in [5.74, 6) is 5.11. The number of hydrogen-bond acceptors (Lipinski definition) is 5. The molecule has 0 saturated heterocycles. The Morgan fingerprint density at radius 2 is 0.535 bits per heavy atom. The van der Waals surface area contributed by atoms with Crippen molar-refractivity contribution in [1.29, 1.82) is 0 Å². The van der Waals surface area contributed by atoms with Gasteiger partial charge in [-0.15, -0.1) is 0 Å². The van der Waals surface area contributed by atoms with E-state index in [1.165, 1.54) is 55.6 Å². The molecule has 19 rings (SSSR count). The predicted molar refractivity (Wildman–Crippen MR) is 406 cm³/mol. The molecular formula is C94H68N2O3. The Morgan fingerprint density at radius 3 is 0.960 bits per heavy atom. The van der Waals surface area contributed by atoms with Gasteiger partial charge >= 0.3 is 0 Å². The lowest BCUT2D eigenvalue weighted by atomic mass is 9.61. The van der Waals surface area contributed by atoms with Crippen molar-refractivity contribution in [2.24, 2.45) is 0 Å². The predicted octanol–water partition coefficient (Wildman–Crippen LogP) is 25.4. The van der Waals surface area contributed by atoms with Gasteiger partial charge in [0.25, 0.3) is 0 Å². The van der Waals surface area contributed by atoms with Gasteiger partial charge in [-0.25, -0.2) is 0 Å². The maximum absolute atomic E-state index is 7.09. The fourth-order valence-corrected chi connectivity index (χ4v) is 15.5. The van der Waals surface area contributed by atoms with Crippen molar-refractivity contribution in [3.8, 4) is 79.0 Å². The van der Waals surface area contributed by atoms with Crippen LogP contribution in [0.3, 0.4) is 0 Å². The zero-order valence-corrected chi connectivity index (χ0v) is 54.9. The second-order valence-electron chi connectivity index (χ2n) is 25.0. The van der Waals surface area contributed by atoms with Crippen molar-refractivity contribution < 1.29 is 14.2 Å². The second-order valence-corrected chi connectivity index (χ2v) is 25.0. The number of nitrogens with zero attached hydrogens (tertiary/aromatic N) is 2. The third-order valence-corrected chi connectivity index (χ3v) is 19.7. The SMILES string of the molecule is CC.c1ccc(-c2ccc(N(c3ccc(-c4ccccc4)cc3)c3cccc4c3Oc3ccccc3C43c4ccccc4Oc4ccccc43)cc2)cc1.c1ccc(-c2ccc(N3c4ccccc4C4(c5ccccc5Oc5ccccc54)c4cc(-c5ccccc5)ccc43)cc2)cc1. The van der Waals surface area contributed by atoms with Crippen LogP contribution in [0.4, 0.5) is 34.1 Å². The molecule has 5 nitrogen and oxygen atoms in total. The van der Waals surface area contributed by atoms with Crippen LogP contribution in [0.2, 0.25) is 0 Å². The van der Waals surface area contributed by atoms with Crippen LogP contribution in [0.1, 0.15) is 58.4 Å². The average Bonchev–Trinajstić information content (AvgIpc) is 0.690. The molecular weight excluding hydrogens is 1210 g/mol. The van der Waals surface area contributed by atoms with Crippen LogP contribution in [-0.2, 0) is 10.8 Å². The lowest BCUT2D eigenvalue weighted by Gasteiger charge is -2.48. The minimum absolute atomic E-state index is 0.581. The minimum Gasteiger partial charge on any atom is -0.457 e. The highest BCUT2D eigenvalue weighted by Gasteiger charge is 2.53. The third kappa shape index (κ3) is 10.1. The highest BCUT2D eigenvalue weighted by molar-refractivity contribution is 5.93. The zero-order chi connectivity index (χ0) is 66.3. The van der Waals surface area contributed by atoms with Crippen LogP contribution in [0.5, 0.6) is 34.5 Å². The van der Waals surface area contributed by atoms with Gasteiger partial charge in [-0.05, 0) is 147 Å². The summed E-state index contributed by atoms with van der Waals surface area (Å²) < 4.78 is 20.3. The smallest absolute Gasteiger partial charge is 0.156 e. The van der Waals surface area contributed by atoms with Crippen molar-refractivity contribution >= 4 is 34.1 Å². The van der Waals surface area contributed by atoms with E-state index in [1.54, 1.807) is 0 Å². The van der Waals surface area contributed by atoms with E-state index in [4.69, 9.17) is 14.2 Å². The van der Waals surface area contributed by atoms with Gasteiger partial charge < -0.3 is 24.0 Å². The Bertz CT molecular complexity index is 5230. The molecule has 5 heteroatoms.